The van der Waals surface area contributed by atoms with Gasteiger partial charge in [-0.1, -0.05) is 20.3 Å². The SMILES string of the molecule is CC(=O)Nc1ccc(C(=O)NCC(C)(C)C2Nc3ccc(C#N)cc3C3CCCC32)cn1. The Labute approximate surface area is 188 Å². The first-order chi connectivity index (χ1) is 15.3. The lowest BCUT2D eigenvalue weighted by molar-refractivity contribution is -0.114. The fraction of sp³-hybridized carbons (Fsp3) is 0.440. The monoisotopic (exact) mass is 431 g/mol. The van der Waals surface area contributed by atoms with Crippen molar-refractivity contribution in [2.75, 3.05) is 17.2 Å². The van der Waals surface area contributed by atoms with Gasteiger partial charge in [0.1, 0.15) is 5.82 Å². The summed E-state index contributed by atoms with van der Waals surface area (Å²) in [5.74, 6) is 0.961. The molecule has 1 aliphatic heterocycles. The predicted molar refractivity (Wildman–Crippen MR) is 123 cm³/mol. The zero-order valence-corrected chi connectivity index (χ0v) is 18.7. The van der Waals surface area contributed by atoms with Crippen LogP contribution >= 0.6 is 0 Å². The maximum absolute atomic E-state index is 12.7. The van der Waals surface area contributed by atoms with Crippen LogP contribution in [0.5, 0.6) is 0 Å². The van der Waals surface area contributed by atoms with Gasteiger partial charge < -0.3 is 16.0 Å². The number of rotatable bonds is 5. The van der Waals surface area contributed by atoms with Crippen LogP contribution in [0.3, 0.4) is 0 Å². The van der Waals surface area contributed by atoms with Crippen molar-refractivity contribution in [3.8, 4) is 6.07 Å². The summed E-state index contributed by atoms with van der Waals surface area (Å²) in [6.45, 7) is 6.31. The lowest BCUT2D eigenvalue weighted by atomic mass is 9.69. The molecule has 1 fully saturated rings. The van der Waals surface area contributed by atoms with Gasteiger partial charge in [0.15, 0.2) is 0 Å². The van der Waals surface area contributed by atoms with Crippen molar-refractivity contribution in [1.29, 1.82) is 5.26 Å². The van der Waals surface area contributed by atoms with Crippen molar-refractivity contribution in [3.63, 3.8) is 0 Å². The third kappa shape index (κ3) is 4.31. The summed E-state index contributed by atoms with van der Waals surface area (Å²) in [4.78, 5) is 28.0. The van der Waals surface area contributed by atoms with E-state index in [1.54, 1.807) is 12.1 Å². The average molecular weight is 432 g/mol. The van der Waals surface area contributed by atoms with Crippen LogP contribution in [-0.4, -0.2) is 29.4 Å². The first-order valence-corrected chi connectivity index (χ1v) is 11.1. The standard InChI is InChI=1S/C25H29N5O2/c1-15(31)29-22-10-8-17(13-27-22)24(32)28-14-25(2,3)23-19-6-4-5-18(19)20-11-16(12-26)7-9-21(20)30-23/h7-11,13,18-19,23,30H,4-6,14H2,1-3H3,(H,28,32)(H,27,29,31). The molecule has 0 spiro atoms. The number of amides is 2. The van der Waals surface area contributed by atoms with Gasteiger partial charge in [-0.2, -0.15) is 5.26 Å². The minimum Gasteiger partial charge on any atom is -0.381 e. The summed E-state index contributed by atoms with van der Waals surface area (Å²) in [6, 6.07) is 11.7. The van der Waals surface area contributed by atoms with Gasteiger partial charge in [-0.25, -0.2) is 4.98 Å². The van der Waals surface area contributed by atoms with Gasteiger partial charge in [0.05, 0.1) is 17.2 Å². The third-order valence-corrected chi connectivity index (χ3v) is 6.76. The minimum atomic E-state index is -0.202. The van der Waals surface area contributed by atoms with Crippen molar-refractivity contribution in [2.45, 2.75) is 52.0 Å². The van der Waals surface area contributed by atoms with E-state index in [2.05, 4.69) is 40.9 Å². The van der Waals surface area contributed by atoms with Crippen LogP contribution < -0.4 is 16.0 Å². The molecule has 2 heterocycles. The minimum absolute atomic E-state index is 0.182. The second-order valence-electron chi connectivity index (χ2n) is 9.52. The van der Waals surface area contributed by atoms with Crippen LogP contribution in [0.1, 0.15) is 67.4 Å². The molecule has 1 aromatic heterocycles. The Hall–Kier alpha value is -3.40. The molecule has 1 aromatic carbocycles. The molecule has 7 nitrogen and oxygen atoms in total. The topological polar surface area (TPSA) is 107 Å². The highest BCUT2D eigenvalue weighted by Gasteiger charge is 2.45. The zero-order valence-electron chi connectivity index (χ0n) is 18.7. The van der Waals surface area contributed by atoms with E-state index in [9.17, 15) is 14.9 Å². The second kappa shape index (κ2) is 8.62. The number of pyridine rings is 1. The summed E-state index contributed by atoms with van der Waals surface area (Å²) in [5.41, 5.74) is 3.35. The summed E-state index contributed by atoms with van der Waals surface area (Å²) in [7, 11) is 0. The number of nitrogens with one attached hydrogen (secondary N) is 3. The zero-order chi connectivity index (χ0) is 22.9. The molecule has 2 amide bonds. The molecule has 0 bridgehead atoms. The molecular formula is C25H29N5O2. The molecule has 1 saturated carbocycles. The highest BCUT2D eigenvalue weighted by Crippen LogP contribution is 2.51. The van der Waals surface area contributed by atoms with E-state index in [1.807, 2.05) is 18.2 Å². The smallest absolute Gasteiger partial charge is 0.252 e. The quantitative estimate of drug-likeness (QED) is 0.662. The van der Waals surface area contributed by atoms with Crippen molar-refractivity contribution in [3.05, 3.63) is 53.2 Å². The Morgan fingerprint density at radius 1 is 1.25 bits per heavy atom. The Morgan fingerprint density at radius 3 is 2.75 bits per heavy atom. The lowest BCUT2D eigenvalue weighted by Gasteiger charge is -2.45. The number of aromatic nitrogens is 1. The average Bonchev–Trinajstić information content (AvgIpc) is 3.27. The third-order valence-electron chi connectivity index (χ3n) is 6.76. The van der Waals surface area contributed by atoms with E-state index in [0.717, 1.165) is 18.5 Å². The van der Waals surface area contributed by atoms with Crippen LogP contribution in [0.15, 0.2) is 36.5 Å². The molecule has 166 valence electrons. The molecule has 3 N–H and O–H groups in total. The molecule has 2 aliphatic rings. The number of fused-ring (bicyclic) bond motifs is 3. The maximum atomic E-state index is 12.7. The van der Waals surface area contributed by atoms with E-state index in [4.69, 9.17) is 0 Å². The van der Waals surface area contributed by atoms with Gasteiger partial charge in [-0.05, 0) is 60.6 Å². The van der Waals surface area contributed by atoms with Crippen molar-refractivity contribution in [1.82, 2.24) is 10.3 Å². The molecule has 7 heteroatoms. The van der Waals surface area contributed by atoms with E-state index in [1.165, 1.54) is 25.1 Å². The summed E-state index contributed by atoms with van der Waals surface area (Å²) in [5, 5.41) is 18.7. The molecule has 3 unspecified atom stereocenters. The van der Waals surface area contributed by atoms with Gasteiger partial charge in [0.25, 0.3) is 5.91 Å². The molecule has 0 saturated heterocycles. The number of hydrogen-bond donors (Lipinski definition) is 3. The fourth-order valence-electron chi connectivity index (χ4n) is 5.20. The van der Waals surface area contributed by atoms with Gasteiger partial charge in [0, 0.05) is 36.8 Å². The molecule has 4 rings (SSSR count). The number of benzene rings is 1. The molecule has 0 radical (unpaired) electrons. The van der Waals surface area contributed by atoms with Gasteiger partial charge >= 0.3 is 0 Å². The van der Waals surface area contributed by atoms with E-state index >= 15 is 0 Å². The van der Waals surface area contributed by atoms with Crippen LogP contribution in [0.2, 0.25) is 0 Å². The molecule has 32 heavy (non-hydrogen) atoms. The Bertz CT molecular complexity index is 1070. The number of nitriles is 1. The Balaban J connectivity index is 1.46. The molecule has 1 aliphatic carbocycles. The first-order valence-electron chi connectivity index (χ1n) is 11.1. The van der Waals surface area contributed by atoms with Crippen LogP contribution in [0.25, 0.3) is 0 Å². The Kier molecular flexibility index (Phi) is 5.88. The van der Waals surface area contributed by atoms with Gasteiger partial charge in [-0.15, -0.1) is 0 Å². The fourth-order valence-corrected chi connectivity index (χ4v) is 5.20. The van der Waals surface area contributed by atoms with Gasteiger partial charge in [0.2, 0.25) is 5.91 Å². The summed E-state index contributed by atoms with van der Waals surface area (Å²) in [6.07, 6.45) is 4.94. The normalized spacial score (nSPS) is 21.5. The van der Waals surface area contributed by atoms with E-state index < -0.39 is 0 Å². The second-order valence-corrected chi connectivity index (χ2v) is 9.52. The number of hydrogen-bond acceptors (Lipinski definition) is 5. The van der Waals surface area contributed by atoms with Crippen LogP contribution in [0.4, 0.5) is 11.5 Å². The van der Waals surface area contributed by atoms with Crippen molar-refractivity contribution in [2.24, 2.45) is 11.3 Å². The van der Waals surface area contributed by atoms with Crippen LogP contribution in [-0.2, 0) is 4.79 Å². The first kappa shape index (κ1) is 21.8. The van der Waals surface area contributed by atoms with Crippen LogP contribution in [0, 0.1) is 22.7 Å². The largest absolute Gasteiger partial charge is 0.381 e. The molecule has 3 atom stereocenters. The lowest BCUT2D eigenvalue weighted by Crippen LogP contribution is -2.51. The Morgan fingerprint density at radius 2 is 2.06 bits per heavy atom. The maximum Gasteiger partial charge on any atom is 0.252 e. The molecular weight excluding hydrogens is 402 g/mol. The van der Waals surface area contributed by atoms with E-state index in [0.29, 0.717) is 35.3 Å². The summed E-state index contributed by atoms with van der Waals surface area (Å²) < 4.78 is 0. The number of carbonyl (C=O) groups is 2. The highest BCUT2D eigenvalue weighted by atomic mass is 16.2. The number of carbonyl (C=O) groups excluding carboxylic acids is 2. The molecule has 2 aromatic rings. The number of nitrogens with zero attached hydrogens (tertiary/aromatic N) is 2. The summed E-state index contributed by atoms with van der Waals surface area (Å²) >= 11 is 0. The predicted octanol–water partition coefficient (Wildman–Crippen LogP) is 4.05. The number of anilines is 2. The highest BCUT2D eigenvalue weighted by molar-refractivity contribution is 5.94. The van der Waals surface area contributed by atoms with Gasteiger partial charge in [-0.3, -0.25) is 9.59 Å². The van der Waals surface area contributed by atoms with Crippen molar-refractivity contribution < 1.29 is 9.59 Å². The van der Waals surface area contributed by atoms with E-state index in [-0.39, 0.29) is 23.3 Å². The van der Waals surface area contributed by atoms with Crippen molar-refractivity contribution >= 4 is 23.3 Å².